The van der Waals surface area contributed by atoms with Gasteiger partial charge in [-0.05, 0) is 39.1 Å². The van der Waals surface area contributed by atoms with Crippen LogP contribution >= 0.6 is 11.3 Å². The van der Waals surface area contributed by atoms with Gasteiger partial charge in [-0.3, -0.25) is 9.58 Å². The lowest BCUT2D eigenvalue weighted by Gasteiger charge is -2.24. The van der Waals surface area contributed by atoms with E-state index in [-0.39, 0.29) is 6.04 Å². The summed E-state index contributed by atoms with van der Waals surface area (Å²) in [7, 11) is 5.58. The fourth-order valence-corrected chi connectivity index (χ4v) is 4.75. The summed E-state index contributed by atoms with van der Waals surface area (Å²) < 4.78 is 9.36. The fraction of sp³-hybridized carbons (Fsp3) is 0.409. The van der Waals surface area contributed by atoms with Gasteiger partial charge in [0, 0.05) is 49.6 Å². The van der Waals surface area contributed by atoms with E-state index in [1.807, 2.05) is 57.2 Å². The molecule has 5 heterocycles. The van der Waals surface area contributed by atoms with Crippen LogP contribution in [-0.4, -0.2) is 67.7 Å². The van der Waals surface area contributed by atoms with Crippen molar-refractivity contribution in [3.8, 4) is 5.69 Å². The molecule has 0 radical (unpaired) electrons. The highest BCUT2D eigenvalue weighted by atomic mass is 32.1. The van der Waals surface area contributed by atoms with Gasteiger partial charge in [0.1, 0.15) is 11.7 Å². The predicted octanol–water partition coefficient (Wildman–Crippen LogP) is 3.10. The number of thiophene rings is 1. The van der Waals surface area contributed by atoms with E-state index in [0.29, 0.717) is 5.95 Å². The molecular formula is C22H28N8O2S. The van der Waals surface area contributed by atoms with Crippen molar-refractivity contribution < 1.29 is 9.84 Å². The molecule has 1 fully saturated rings. The Kier molecular flexibility index (Phi) is 6.02. The first-order valence-corrected chi connectivity index (χ1v) is 11.8. The number of aromatic nitrogens is 5. The Hall–Kier alpha value is -2.99. The standard InChI is InChI=1S/C22H28N8O2S/c1-28(2)21(31)14-10-18(33-13-14)26-22-25-17-4-7-30(16-11-23-29(3)12-16)19(17)20(27-22)24-15-5-8-32-9-6-15/h4,7,10-13,15,21,31H,5-6,8-9H2,1-3H3,(H2,24,25,26,27). The van der Waals surface area contributed by atoms with Gasteiger partial charge in [-0.25, -0.2) is 4.98 Å². The largest absolute Gasteiger partial charge is 0.381 e. The number of ether oxygens (including phenoxy) is 1. The van der Waals surface area contributed by atoms with Gasteiger partial charge in [-0.15, -0.1) is 11.3 Å². The van der Waals surface area contributed by atoms with Gasteiger partial charge < -0.3 is 25.0 Å². The van der Waals surface area contributed by atoms with E-state index in [1.54, 1.807) is 9.58 Å². The highest BCUT2D eigenvalue weighted by Gasteiger charge is 2.20. The molecule has 0 saturated carbocycles. The minimum Gasteiger partial charge on any atom is -0.381 e. The molecule has 1 aliphatic rings. The summed E-state index contributed by atoms with van der Waals surface area (Å²) in [4.78, 5) is 11.4. The van der Waals surface area contributed by atoms with Crippen molar-refractivity contribution in [2.24, 2.45) is 7.05 Å². The molecule has 5 rings (SSSR count). The molecule has 3 N–H and O–H groups in total. The molecule has 4 aromatic rings. The van der Waals surface area contributed by atoms with Crippen molar-refractivity contribution in [3.05, 3.63) is 41.7 Å². The zero-order valence-corrected chi connectivity index (χ0v) is 19.7. The molecule has 33 heavy (non-hydrogen) atoms. The van der Waals surface area contributed by atoms with E-state index in [9.17, 15) is 5.11 Å². The number of fused-ring (bicyclic) bond motifs is 1. The summed E-state index contributed by atoms with van der Waals surface area (Å²) in [6.07, 6.45) is 6.99. The number of aliphatic hydroxyl groups excluding tert-OH is 1. The number of rotatable bonds is 7. The topological polar surface area (TPSA) is 105 Å². The SMILES string of the molecule is CN(C)C(O)c1csc(Nc2nc(NC3CCOCC3)c3c(ccn3-c3cnn(C)c3)n2)c1. The summed E-state index contributed by atoms with van der Waals surface area (Å²) in [5, 5.41) is 24.4. The molecule has 0 amide bonds. The molecule has 11 heteroatoms. The van der Waals surface area contributed by atoms with E-state index in [2.05, 4.69) is 20.3 Å². The van der Waals surface area contributed by atoms with Crippen LogP contribution in [0.5, 0.6) is 0 Å². The maximum atomic E-state index is 10.3. The summed E-state index contributed by atoms with van der Waals surface area (Å²) >= 11 is 1.51. The zero-order chi connectivity index (χ0) is 22.9. The smallest absolute Gasteiger partial charge is 0.230 e. The van der Waals surface area contributed by atoms with Gasteiger partial charge in [-0.2, -0.15) is 10.1 Å². The molecule has 1 atom stereocenters. The van der Waals surface area contributed by atoms with Gasteiger partial charge in [0.25, 0.3) is 0 Å². The van der Waals surface area contributed by atoms with Crippen molar-refractivity contribution in [1.82, 2.24) is 29.2 Å². The number of nitrogens with zero attached hydrogens (tertiary/aromatic N) is 6. The van der Waals surface area contributed by atoms with E-state index in [1.165, 1.54) is 11.3 Å². The first kappa shape index (κ1) is 21.8. The molecule has 4 aromatic heterocycles. The normalized spacial score (nSPS) is 15.9. The Balaban J connectivity index is 1.51. The third-order valence-corrected chi connectivity index (χ3v) is 6.57. The Morgan fingerprint density at radius 3 is 2.82 bits per heavy atom. The first-order chi connectivity index (χ1) is 16.0. The Morgan fingerprint density at radius 2 is 2.09 bits per heavy atom. The lowest BCUT2D eigenvalue weighted by Crippen LogP contribution is -2.28. The quantitative estimate of drug-likeness (QED) is 0.356. The van der Waals surface area contributed by atoms with Gasteiger partial charge in [0.15, 0.2) is 5.82 Å². The van der Waals surface area contributed by atoms with Crippen LogP contribution in [-0.2, 0) is 11.8 Å². The van der Waals surface area contributed by atoms with Gasteiger partial charge >= 0.3 is 0 Å². The molecular weight excluding hydrogens is 440 g/mol. The van der Waals surface area contributed by atoms with E-state index in [0.717, 1.165) is 59.2 Å². The van der Waals surface area contributed by atoms with E-state index >= 15 is 0 Å². The second kappa shape index (κ2) is 9.10. The number of hydrogen-bond donors (Lipinski definition) is 3. The monoisotopic (exact) mass is 468 g/mol. The van der Waals surface area contributed by atoms with Crippen LogP contribution in [0.2, 0.25) is 0 Å². The Labute approximate surface area is 195 Å². The maximum absolute atomic E-state index is 10.3. The van der Waals surface area contributed by atoms with Crippen LogP contribution < -0.4 is 10.6 Å². The third-order valence-electron chi connectivity index (χ3n) is 5.71. The molecule has 1 unspecified atom stereocenters. The summed E-state index contributed by atoms with van der Waals surface area (Å²) in [5.41, 5.74) is 3.52. The van der Waals surface area contributed by atoms with E-state index < -0.39 is 6.23 Å². The van der Waals surface area contributed by atoms with Crippen molar-refractivity contribution >= 4 is 39.1 Å². The van der Waals surface area contributed by atoms with Gasteiger partial charge in [0.2, 0.25) is 5.95 Å². The first-order valence-electron chi connectivity index (χ1n) is 10.9. The highest BCUT2D eigenvalue weighted by molar-refractivity contribution is 7.14. The number of nitrogens with one attached hydrogen (secondary N) is 2. The van der Waals surface area contributed by atoms with Crippen LogP contribution in [0.15, 0.2) is 36.1 Å². The maximum Gasteiger partial charge on any atom is 0.230 e. The van der Waals surface area contributed by atoms with E-state index in [4.69, 9.17) is 14.7 Å². The summed E-state index contributed by atoms with van der Waals surface area (Å²) in [5.74, 6) is 1.28. The lowest BCUT2D eigenvalue weighted by molar-refractivity contribution is 0.0399. The van der Waals surface area contributed by atoms with Crippen LogP contribution in [0.3, 0.4) is 0 Å². The lowest BCUT2D eigenvalue weighted by atomic mass is 10.1. The van der Waals surface area contributed by atoms with Gasteiger partial charge in [-0.1, -0.05) is 0 Å². The predicted molar refractivity (Wildman–Crippen MR) is 129 cm³/mol. The minimum absolute atomic E-state index is 0.283. The summed E-state index contributed by atoms with van der Waals surface area (Å²) in [6.45, 7) is 1.49. The fourth-order valence-electron chi connectivity index (χ4n) is 3.95. The van der Waals surface area contributed by atoms with Gasteiger partial charge in [0.05, 0.1) is 22.4 Å². The molecule has 1 saturated heterocycles. The number of aliphatic hydroxyl groups is 1. The molecule has 0 aromatic carbocycles. The molecule has 0 spiro atoms. The number of aryl methyl sites for hydroxylation is 1. The second-order valence-electron chi connectivity index (χ2n) is 8.43. The number of hydrogen-bond acceptors (Lipinski definition) is 9. The molecule has 10 nitrogen and oxygen atoms in total. The van der Waals surface area contributed by atoms with Crippen molar-refractivity contribution in [1.29, 1.82) is 0 Å². The van der Waals surface area contributed by atoms with Crippen molar-refractivity contribution in [3.63, 3.8) is 0 Å². The molecule has 0 aliphatic carbocycles. The van der Waals surface area contributed by atoms with Crippen LogP contribution in [0.4, 0.5) is 16.8 Å². The molecule has 1 aliphatic heterocycles. The Morgan fingerprint density at radius 1 is 1.27 bits per heavy atom. The van der Waals surface area contributed by atoms with Crippen LogP contribution in [0.25, 0.3) is 16.7 Å². The van der Waals surface area contributed by atoms with Crippen LogP contribution in [0, 0.1) is 0 Å². The zero-order valence-electron chi connectivity index (χ0n) is 18.9. The Bertz CT molecular complexity index is 1240. The third kappa shape index (κ3) is 4.58. The molecule has 0 bridgehead atoms. The van der Waals surface area contributed by atoms with Crippen molar-refractivity contribution in [2.75, 3.05) is 37.9 Å². The minimum atomic E-state index is -0.653. The average Bonchev–Trinajstić information content (AvgIpc) is 3.53. The average molecular weight is 469 g/mol. The summed E-state index contributed by atoms with van der Waals surface area (Å²) in [6, 6.07) is 4.19. The van der Waals surface area contributed by atoms with Crippen LogP contribution in [0.1, 0.15) is 24.6 Å². The second-order valence-corrected chi connectivity index (χ2v) is 9.34. The van der Waals surface area contributed by atoms with Crippen molar-refractivity contribution in [2.45, 2.75) is 25.1 Å². The highest BCUT2D eigenvalue weighted by Crippen LogP contribution is 2.31. The molecule has 174 valence electrons. The number of anilines is 3.